The van der Waals surface area contributed by atoms with Crippen LogP contribution in [0.15, 0.2) is 46.4 Å². The van der Waals surface area contributed by atoms with Gasteiger partial charge in [0.15, 0.2) is 11.9 Å². The Kier molecular flexibility index (Phi) is 13.6. The normalized spacial score (nSPS) is 10.1. The number of unbranched alkanes of at least 4 members (excludes halogenated alkanes) is 2. The number of hydrogen-bond donors (Lipinski definition) is 4. The molecule has 0 aromatic heterocycles. The first-order valence-electron chi connectivity index (χ1n) is 12.3. The standard InChI is InChI=1S/C13H19ClN4O.C13H19FN4O/c2*1-3-4-7-18(13(19)17-12(15)16)11-6-5-9(2)8-10(11)14/h2*5-6,8H,3-4,7H2,1-2H3,(H4,15,16,17,19). The predicted molar refractivity (Wildman–Crippen MR) is 154 cm³/mol. The molecule has 4 amide bonds. The molecule has 0 saturated heterocycles. The van der Waals surface area contributed by atoms with Gasteiger partial charge in [0.2, 0.25) is 0 Å². The number of nitrogens with two attached hydrogens (primary N) is 4. The van der Waals surface area contributed by atoms with Crippen molar-refractivity contribution >= 4 is 47.0 Å². The maximum atomic E-state index is 13.9. The van der Waals surface area contributed by atoms with Crippen LogP contribution in [-0.4, -0.2) is 37.1 Å². The Balaban J connectivity index is 0.000000380. The van der Waals surface area contributed by atoms with Gasteiger partial charge in [-0.15, -0.1) is 0 Å². The SMILES string of the molecule is CCCCN(C(=O)N=C(N)N)c1ccc(C)cc1Cl.CCCCN(C(=O)N=C(N)N)c1ccc(C)cc1F. The summed E-state index contributed by atoms with van der Waals surface area (Å²) in [7, 11) is 0. The summed E-state index contributed by atoms with van der Waals surface area (Å²) in [6, 6.07) is 9.00. The summed E-state index contributed by atoms with van der Waals surface area (Å²) in [5.41, 5.74) is 23.5. The molecule has 0 heterocycles. The lowest BCUT2D eigenvalue weighted by molar-refractivity contribution is 0.253. The second kappa shape index (κ2) is 16.1. The smallest absolute Gasteiger partial charge is 0.351 e. The maximum absolute atomic E-state index is 13.9. The molecule has 0 aliphatic rings. The Hall–Kier alpha value is -3.86. The number of guanidine groups is 2. The zero-order valence-electron chi connectivity index (χ0n) is 22.4. The third-order valence-electron chi connectivity index (χ3n) is 5.17. The van der Waals surface area contributed by atoms with E-state index in [2.05, 4.69) is 9.98 Å². The van der Waals surface area contributed by atoms with Crippen LogP contribution >= 0.6 is 11.6 Å². The van der Waals surface area contributed by atoms with E-state index >= 15 is 0 Å². The number of rotatable bonds is 8. The van der Waals surface area contributed by atoms with Gasteiger partial charge in [-0.2, -0.15) is 9.98 Å². The number of amides is 4. The monoisotopic (exact) mass is 548 g/mol. The van der Waals surface area contributed by atoms with E-state index in [4.69, 9.17) is 34.5 Å². The summed E-state index contributed by atoms with van der Waals surface area (Å²) in [5, 5.41) is 0.509. The number of anilines is 2. The molecule has 2 rings (SSSR count). The fraction of sp³-hybridized carbons (Fsp3) is 0.385. The van der Waals surface area contributed by atoms with Crippen LogP contribution in [0, 0.1) is 19.7 Å². The van der Waals surface area contributed by atoms with Gasteiger partial charge in [-0.25, -0.2) is 14.0 Å². The highest BCUT2D eigenvalue weighted by Crippen LogP contribution is 2.28. The molecule has 38 heavy (non-hydrogen) atoms. The van der Waals surface area contributed by atoms with Crippen LogP contribution < -0.4 is 32.7 Å². The first kappa shape index (κ1) is 32.2. The molecular formula is C26H38ClFN8O2. The third-order valence-corrected chi connectivity index (χ3v) is 5.47. The van der Waals surface area contributed by atoms with E-state index < -0.39 is 17.9 Å². The van der Waals surface area contributed by atoms with E-state index in [-0.39, 0.29) is 17.6 Å². The predicted octanol–water partition coefficient (Wildman–Crippen LogP) is 4.78. The van der Waals surface area contributed by atoms with Crippen molar-refractivity contribution in [2.75, 3.05) is 22.9 Å². The molecule has 2 aromatic rings. The average molecular weight is 549 g/mol. The molecule has 10 nitrogen and oxygen atoms in total. The second-order valence-electron chi connectivity index (χ2n) is 8.56. The number of aryl methyl sites for hydroxylation is 2. The molecule has 0 fully saturated rings. The van der Waals surface area contributed by atoms with Gasteiger partial charge in [-0.1, -0.05) is 50.4 Å². The van der Waals surface area contributed by atoms with Crippen LogP contribution in [0.4, 0.5) is 25.4 Å². The minimum absolute atomic E-state index is 0.189. The number of carbonyl (C=O) groups is 2. The van der Waals surface area contributed by atoms with Crippen molar-refractivity contribution in [2.24, 2.45) is 32.9 Å². The van der Waals surface area contributed by atoms with Gasteiger partial charge in [-0.3, -0.25) is 9.80 Å². The van der Waals surface area contributed by atoms with Crippen molar-refractivity contribution in [2.45, 2.75) is 53.4 Å². The topological polar surface area (TPSA) is 169 Å². The largest absolute Gasteiger partial charge is 0.370 e. The van der Waals surface area contributed by atoms with Crippen molar-refractivity contribution in [1.82, 2.24) is 0 Å². The fourth-order valence-electron chi connectivity index (χ4n) is 3.27. The molecule has 12 heteroatoms. The number of carbonyl (C=O) groups excluding carboxylic acids is 2. The van der Waals surface area contributed by atoms with E-state index in [1.54, 1.807) is 31.2 Å². The lowest BCUT2D eigenvalue weighted by Crippen LogP contribution is -2.34. The van der Waals surface area contributed by atoms with E-state index in [1.165, 1.54) is 15.9 Å². The Morgan fingerprint density at radius 1 is 0.789 bits per heavy atom. The zero-order chi connectivity index (χ0) is 28.8. The lowest BCUT2D eigenvalue weighted by atomic mass is 10.2. The van der Waals surface area contributed by atoms with Gasteiger partial charge in [0.05, 0.1) is 16.4 Å². The van der Waals surface area contributed by atoms with Crippen molar-refractivity contribution in [3.8, 4) is 0 Å². The number of aliphatic imine (C=N–C) groups is 2. The second-order valence-corrected chi connectivity index (χ2v) is 8.97. The number of halogens is 2. The zero-order valence-corrected chi connectivity index (χ0v) is 23.1. The van der Waals surface area contributed by atoms with Crippen LogP contribution in [-0.2, 0) is 0 Å². The molecule has 0 saturated carbocycles. The van der Waals surface area contributed by atoms with Crippen LogP contribution in [0.5, 0.6) is 0 Å². The number of hydrogen-bond acceptors (Lipinski definition) is 2. The Morgan fingerprint density at radius 3 is 1.61 bits per heavy atom. The number of urea groups is 2. The molecule has 0 atom stereocenters. The van der Waals surface area contributed by atoms with Crippen molar-refractivity contribution in [3.63, 3.8) is 0 Å². The summed E-state index contributed by atoms with van der Waals surface area (Å²) in [4.78, 5) is 33.7. The van der Waals surface area contributed by atoms with E-state index in [9.17, 15) is 14.0 Å². The third kappa shape index (κ3) is 10.6. The van der Waals surface area contributed by atoms with Crippen LogP contribution in [0.2, 0.25) is 5.02 Å². The van der Waals surface area contributed by atoms with Crippen molar-refractivity contribution < 1.29 is 14.0 Å². The Labute approximate surface area is 228 Å². The van der Waals surface area contributed by atoms with Crippen LogP contribution in [0.3, 0.4) is 0 Å². The molecule has 0 spiro atoms. The molecule has 0 aliphatic carbocycles. The van der Waals surface area contributed by atoms with E-state index in [1.807, 2.05) is 26.8 Å². The van der Waals surface area contributed by atoms with E-state index in [0.717, 1.165) is 36.8 Å². The lowest BCUT2D eigenvalue weighted by Gasteiger charge is -2.21. The highest BCUT2D eigenvalue weighted by Gasteiger charge is 2.19. The van der Waals surface area contributed by atoms with Gasteiger partial charge in [0.25, 0.3) is 0 Å². The summed E-state index contributed by atoms with van der Waals surface area (Å²) < 4.78 is 13.9. The summed E-state index contributed by atoms with van der Waals surface area (Å²) >= 11 is 6.18. The Morgan fingerprint density at radius 2 is 1.21 bits per heavy atom. The molecule has 0 bridgehead atoms. The van der Waals surface area contributed by atoms with Gasteiger partial charge in [0, 0.05) is 13.1 Å². The first-order chi connectivity index (χ1) is 17.9. The van der Waals surface area contributed by atoms with Crippen LogP contribution in [0.1, 0.15) is 50.7 Å². The first-order valence-corrected chi connectivity index (χ1v) is 12.6. The molecule has 208 valence electrons. The maximum Gasteiger partial charge on any atom is 0.351 e. The van der Waals surface area contributed by atoms with Crippen LogP contribution in [0.25, 0.3) is 0 Å². The van der Waals surface area contributed by atoms with Gasteiger partial charge >= 0.3 is 12.1 Å². The van der Waals surface area contributed by atoms with E-state index in [0.29, 0.717) is 23.8 Å². The van der Waals surface area contributed by atoms with Crippen molar-refractivity contribution in [1.29, 1.82) is 0 Å². The molecule has 0 unspecified atom stereocenters. The molecular weight excluding hydrogens is 511 g/mol. The van der Waals surface area contributed by atoms with Gasteiger partial charge in [-0.05, 0) is 62.1 Å². The number of nitrogens with zero attached hydrogens (tertiary/aromatic N) is 4. The highest BCUT2D eigenvalue weighted by atomic mass is 35.5. The van der Waals surface area contributed by atoms with Gasteiger partial charge < -0.3 is 22.9 Å². The molecule has 0 aliphatic heterocycles. The minimum Gasteiger partial charge on any atom is -0.370 e. The molecule has 0 radical (unpaired) electrons. The quantitative estimate of drug-likeness (QED) is 0.273. The number of benzene rings is 2. The summed E-state index contributed by atoms with van der Waals surface area (Å²) in [6.45, 7) is 8.63. The summed E-state index contributed by atoms with van der Waals surface area (Å²) in [6.07, 6.45) is 3.41. The Bertz CT molecular complexity index is 1060. The van der Waals surface area contributed by atoms with Crippen molar-refractivity contribution in [3.05, 3.63) is 58.4 Å². The summed E-state index contributed by atoms with van der Waals surface area (Å²) in [5.74, 6) is -1.05. The van der Waals surface area contributed by atoms with Gasteiger partial charge in [0.1, 0.15) is 5.82 Å². The molecule has 2 aromatic carbocycles. The molecule has 8 N–H and O–H groups in total. The average Bonchev–Trinajstić information content (AvgIpc) is 2.81. The minimum atomic E-state index is -0.656. The highest BCUT2D eigenvalue weighted by molar-refractivity contribution is 6.34. The fourth-order valence-corrected chi connectivity index (χ4v) is 3.61.